The van der Waals surface area contributed by atoms with Crippen LogP contribution in [0.25, 0.3) is 0 Å². The molecule has 0 bridgehead atoms. The number of carbonyl (C=O) groups excluding carboxylic acids is 1. The van der Waals surface area contributed by atoms with Crippen molar-refractivity contribution in [3.63, 3.8) is 0 Å². The number of amides is 1. The van der Waals surface area contributed by atoms with Crippen LogP contribution < -0.4 is 10.6 Å². The summed E-state index contributed by atoms with van der Waals surface area (Å²) >= 11 is 0. The Labute approximate surface area is 102 Å². The van der Waals surface area contributed by atoms with Gasteiger partial charge in [-0.05, 0) is 26.0 Å². The monoisotopic (exact) mass is 236 g/mol. The molecule has 1 rings (SSSR count). The van der Waals surface area contributed by atoms with E-state index in [2.05, 4.69) is 10.6 Å². The molecule has 1 aromatic rings. The van der Waals surface area contributed by atoms with Crippen LogP contribution in [0.15, 0.2) is 30.3 Å². The van der Waals surface area contributed by atoms with Crippen molar-refractivity contribution in [2.24, 2.45) is 0 Å². The van der Waals surface area contributed by atoms with Gasteiger partial charge in [-0.25, -0.2) is 0 Å². The predicted molar refractivity (Wildman–Crippen MR) is 69.0 cm³/mol. The van der Waals surface area contributed by atoms with E-state index in [0.29, 0.717) is 13.2 Å². The number of para-hydroxylation sites is 1. The van der Waals surface area contributed by atoms with E-state index in [1.54, 1.807) is 0 Å². The van der Waals surface area contributed by atoms with Gasteiger partial charge in [0.05, 0.1) is 13.2 Å². The van der Waals surface area contributed by atoms with Gasteiger partial charge < -0.3 is 15.4 Å². The van der Waals surface area contributed by atoms with Crippen LogP contribution in [0.3, 0.4) is 0 Å². The highest BCUT2D eigenvalue weighted by atomic mass is 16.5. The van der Waals surface area contributed by atoms with Crippen LogP contribution in [-0.2, 0) is 9.53 Å². The largest absolute Gasteiger partial charge is 0.380 e. The van der Waals surface area contributed by atoms with E-state index in [1.165, 1.54) is 0 Å². The highest BCUT2D eigenvalue weighted by Gasteiger charge is 2.06. The van der Waals surface area contributed by atoms with Crippen LogP contribution >= 0.6 is 0 Å². The fourth-order valence-corrected chi connectivity index (χ4v) is 1.40. The minimum absolute atomic E-state index is 0.0268. The van der Waals surface area contributed by atoms with Gasteiger partial charge in [-0.1, -0.05) is 18.2 Å². The second kappa shape index (κ2) is 7.68. The smallest absolute Gasteiger partial charge is 0.239 e. The predicted octanol–water partition coefficient (Wildman–Crippen LogP) is 1.64. The highest BCUT2D eigenvalue weighted by Crippen LogP contribution is 2.03. The molecular formula is C13H20N2O2. The average Bonchev–Trinajstić information content (AvgIpc) is 2.35. The number of benzene rings is 1. The Kier molecular flexibility index (Phi) is 6.10. The van der Waals surface area contributed by atoms with Crippen LogP contribution in [0.2, 0.25) is 0 Å². The number of ether oxygens (including phenoxy) is 1. The first-order chi connectivity index (χ1) is 8.22. The number of carbonyl (C=O) groups is 1. The minimum atomic E-state index is -0.0268. The second-order valence-corrected chi connectivity index (χ2v) is 3.85. The molecule has 1 aromatic carbocycles. The fourth-order valence-electron chi connectivity index (χ4n) is 1.40. The number of anilines is 1. The third kappa shape index (κ3) is 5.92. The third-order valence-electron chi connectivity index (χ3n) is 2.21. The molecule has 1 unspecified atom stereocenters. The van der Waals surface area contributed by atoms with Gasteiger partial charge in [-0.3, -0.25) is 4.79 Å². The molecule has 94 valence electrons. The fraction of sp³-hybridized carbons (Fsp3) is 0.462. The molecule has 0 aliphatic rings. The zero-order valence-electron chi connectivity index (χ0n) is 10.4. The lowest BCUT2D eigenvalue weighted by molar-refractivity contribution is -0.120. The van der Waals surface area contributed by atoms with E-state index in [0.717, 1.165) is 5.69 Å². The number of rotatable bonds is 7. The average molecular weight is 236 g/mol. The quantitative estimate of drug-likeness (QED) is 0.756. The summed E-state index contributed by atoms with van der Waals surface area (Å²) in [6.45, 7) is 5.36. The Morgan fingerprint density at radius 1 is 1.35 bits per heavy atom. The molecule has 0 aromatic heterocycles. The lowest BCUT2D eigenvalue weighted by Gasteiger charge is -2.14. The summed E-state index contributed by atoms with van der Waals surface area (Å²) in [5, 5.41) is 5.91. The van der Waals surface area contributed by atoms with Crippen molar-refractivity contribution in [2.75, 3.05) is 25.1 Å². The van der Waals surface area contributed by atoms with Crippen molar-refractivity contribution in [1.29, 1.82) is 0 Å². The van der Waals surface area contributed by atoms with Crippen LogP contribution in [0.5, 0.6) is 0 Å². The van der Waals surface area contributed by atoms with Gasteiger partial charge in [0, 0.05) is 18.3 Å². The van der Waals surface area contributed by atoms with Crippen molar-refractivity contribution in [1.82, 2.24) is 5.32 Å². The van der Waals surface area contributed by atoms with Crippen molar-refractivity contribution in [3.8, 4) is 0 Å². The van der Waals surface area contributed by atoms with Crippen LogP contribution in [-0.4, -0.2) is 31.7 Å². The molecule has 0 spiro atoms. The number of nitrogens with one attached hydrogen (secondary N) is 2. The molecule has 2 N–H and O–H groups in total. The van der Waals surface area contributed by atoms with Crippen molar-refractivity contribution < 1.29 is 9.53 Å². The highest BCUT2D eigenvalue weighted by molar-refractivity contribution is 5.80. The lowest BCUT2D eigenvalue weighted by Crippen LogP contribution is -2.39. The summed E-state index contributed by atoms with van der Waals surface area (Å²) in [5.41, 5.74) is 0.945. The Morgan fingerprint density at radius 2 is 2.06 bits per heavy atom. The standard InChI is InChI=1S/C13H20N2O2/c1-3-17-10-11(2)15-13(16)9-14-12-7-5-4-6-8-12/h4-8,11,14H,3,9-10H2,1-2H3,(H,15,16). The SMILES string of the molecule is CCOCC(C)NC(=O)CNc1ccccc1. The molecule has 0 saturated heterocycles. The molecule has 4 nitrogen and oxygen atoms in total. The van der Waals surface area contributed by atoms with Gasteiger partial charge in [-0.15, -0.1) is 0 Å². The Morgan fingerprint density at radius 3 is 2.71 bits per heavy atom. The maximum absolute atomic E-state index is 11.6. The molecule has 0 radical (unpaired) electrons. The molecule has 4 heteroatoms. The van der Waals surface area contributed by atoms with E-state index in [4.69, 9.17) is 4.74 Å². The van der Waals surface area contributed by atoms with Crippen LogP contribution in [0.4, 0.5) is 5.69 Å². The summed E-state index contributed by atoms with van der Waals surface area (Å²) in [7, 11) is 0. The Hall–Kier alpha value is -1.55. The van der Waals surface area contributed by atoms with E-state index in [1.807, 2.05) is 44.2 Å². The molecule has 1 amide bonds. The van der Waals surface area contributed by atoms with E-state index >= 15 is 0 Å². The zero-order valence-corrected chi connectivity index (χ0v) is 10.4. The molecular weight excluding hydrogens is 216 g/mol. The molecule has 1 atom stereocenters. The zero-order chi connectivity index (χ0) is 12.5. The van der Waals surface area contributed by atoms with Crippen molar-refractivity contribution in [3.05, 3.63) is 30.3 Å². The second-order valence-electron chi connectivity index (χ2n) is 3.85. The van der Waals surface area contributed by atoms with Gasteiger partial charge in [-0.2, -0.15) is 0 Å². The number of hydrogen-bond acceptors (Lipinski definition) is 3. The molecule has 17 heavy (non-hydrogen) atoms. The summed E-state index contributed by atoms with van der Waals surface area (Å²) in [5.74, 6) is -0.0268. The number of hydrogen-bond donors (Lipinski definition) is 2. The summed E-state index contributed by atoms with van der Waals surface area (Å²) in [6, 6.07) is 9.69. The van der Waals surface area contributed by atoms with Gasteiger partial charge in [0.15, 0.2) is 0 Å². The summed E-state index contributed by atoms with van der Waals surface area (Å²) in [6.07, 6.45) is 0. The maximum Gasteiger partial charge on any atom is 0.239 e. The minimum Gasteiger partial charge on any atom is -0.380 e. The van der Waals surface area contributed by atoms with Crippen LogP contribution in [0.1, 0.15) is 13.8 Å². The van der Waals surface area contributed by atoms with Crippen molar-refractivity contribution >= 4 is 11.6 Å². The van der Waals surface area contributed by atoms with Crippen LogP contribution in [0, 0.1) is 0 Å². The van der Waals surface area contributed by atoms with Gasteiger partial charge in [0.1, 0.15) is 0 Å². The van der Waals surface area contributed by atoms with Gasteiger partial charge in [0.2, 0.25) is 5.91 Å². The lowest BCUT2D eigenvalue weighted by atomic mass is 10.3. The van der Waals surface area contributed by atoms with Gasteiger partial charge in [0.25, 0.3) is 0 Å². The van der Waals surface area contributed by atoms with Crippen molar-refractivity contribution in [2.45, 2.75) is 19.9 Å². The first-order valence-corrected chi connectivity index (χ1v) is 5.88. The first kappa shape index (κ1) is 13.5. The summed E-state index contributed by atoms with van der Waals surface area (Å²) < 4.78 is 5.22. The van der Waals surface area contributed by atoms with E-state index < -0.39 is 0 Å². The van der Waals surface area contributed by atoms with E-state index in [9.17, 15) is 4.79 Å². The van der Waals surface area contributed by atoms with E-state index in [-0.39, 0.29) is 18.5 Å². The molecule has 0 fully saturated rings. The summed E-state index contributed by atoms with van der Waals surface area (Å²) in [4.78, 5) is 11.6. The molecule has 0 aliphatic carbocycles. The Bertz CT molecular complexity index is 327. The van der Waals surface area contributed by atoms with Gasteiger partial charge >= 0.3 is 0 Å². The topological polar surface area (TPSA) is 50.4 Å². The maximum atomic E-state index is 11.6. The first-order valence-electron chi connectivity index (χ1n) is 5.88. The normalized spacial score (nSPS) is 11.9. The molecule has 0 heterocycles. The molecule has 0 saturated carbocycles. The Balaban J connectivity index is 2.21. The molecule has 0 aliphatic heterocycles. The third-order valence-corrected chi connectivity index (χ3v) is 2.21.